The third kappa shape index (κ3) is 2.60. The summed E-state index contributed by atoms with van der Waals surface area (Å²) < 4.78 is 39.8. The molecule has 0 spiro atoms. The quantitative estimate of drug-likeness (QED) is 0.780. The third-order valence-corrected chi connectivity index (χ3v) is 3.40. The van der Waals surface area contributed by atoms with Crippen LogP contribution in [0.4, 0.5) is 13.2 Å². The van der Waals surface area contributed by atoms with Crippen LogP contribution in [-0.4, -0.2) is 20.8 Å². The standard InChI is InChI=1S/C12H9BrF3N3O/c1-6-11(7(2)20)17-18-19(6)10-5-8(12(14,15)16)3-4-9(10)13/h3-5H,1-2H3. The molecule has 0 bridgehead atoms. The molecule has 0 aliphatic carbocycles. The van der Waals surface area contributed by atoms with E-state index in [1.807, 2.05) is 0 Å². The predicted octanol–water partition coefficient (Wildman–Crippen LogP) is 3.56. The van der Waals surface area contributed by atoms with Crippen molar-refractivity contribution in [1.82, 2.24) is 15.0 Å². The summed E-state index contributed by atoms with van der Waals surface area (Å²) in [5, 5.41) is 7.43. The smallest absolute Gasteiger partial charge is 0.293 e. The number of hydrogen-bond donors (Lipinski definition) is 0. The van der Waals surface area contributed by atoms with Crippen molar-refractivity contribution in [3.8, 4) is 5.69 Å². The van der Waals surface area contributed by atoms with Crippen molar-refractivity contribution >= 4 is 21.7 Å². The second kappa shape index (κ2) is 5.01. The number of halogens is 4. The van der Waals surface area contributed by atoms with E-state index in [1.54, 1.807) is 6.92 Å². The fraction of sp³-hybridized carbons (Fsp3) is 0.250. The van der Waals surface area contributed by atoms with Crippen LogP contribution >= 0.6 is 15.9 Å². The molecule has 0 fully saturated rings. The molecule has 2 aromatic rings. The number of aromatic nitrogens is 3. The Bertz CT molecular complexity index is 679. The summed E-state index contributed by atoms with van der Waals surface area (Å²) in [6.45, 7) is 2.89. The molecule has 0 unspecified atom stereocenters. The molecule has 0 aliphatic heterocycles. The van der Waals surface area contributed by atoms with E-state index in [0.29, 0.717) is 10.2 Å². The molecule has 20 heavy (non-hydrogen) atoms. The summed E-state index contributed by atoms with van der Waals surface area (Å²) in [5.74, 6) is -0.295. The molecule has 4 nitrogen and oxygen atoms in total. The Labute approximate surface area is 120 Å². The number of carbonyl (C=O) groups excluding carboxylic acids is 1. The van der Waals surface area contributed by atoms with Gasteiger partial charge >= 0.3 is 6.18 Å². The van der Waals surface area contributed by atoms with Gasteiger partial charge in [0, 0.05) is 11.4 Å². The minimum absolute atomic E-state index is 0.134. The van der Waals surface area contributed by atoms with Crippen LogP contribution in [0.2, 0.25) is 0 Å². The van der Waals surface area contributed by atoms with Gasteiger partial charge in [0.2, 0.25) is 0 Å². The Morgan fingerprint density at radius 2 is 2.00 bits per heavy atom. The lowest BCUT2D eigenvalue weighted by Gasteiger charge is -2.11. The van der Waals surface area contributed by atoms with Gasteiger partial charge in [0.25, 0.3) is 0 Å². The topological polar surface area (TPSA) is 47.8 Å². The molecule has 2 rings (SSSR count). The van der Waals surface area contributed by atoms with Gasteiger partial charge in [-0.2, -0.15) is 13.2 Å². The summed E-state index contributed by atoms with van der Waals surface area (Å²) >= 11 is 3.17. The van der Waals surface area contributed by atoms with Crippen LogP contribution < -0.4 is 0 Å². The fourth-order valence-corrected chi connectivity index (χ4v) is 2.15. The highest BCUT2D eigenvalue weighted by Crippen LogP contribution is 2.33. The Kier molecular flexibility index (Phi) is 3.68. The maximum Gasteiger partial charge on any atom is 0.416 e. The lowest BCUT2D eigenvalue weighted by molar-refractivity contribution is -0.137. The highest BCUT2D eigenvalue weighted by molar-refractivity contribution is 9.10. The molecule has 0 radical (unpaired) electrons. The molecule has 0 saturated heterocycles. The lowest BCUT2D eigenvalue weighted by Crippen LogP contribution is -2.08. The minimum atomic E-state index is -4.45. The monoisotopic (exact) mass is 347 g/mol. The van der Waals surface area contributed by atoms with Crippen LogP contribution in [0, 0.1) is 6.92 Å². The van der Waals surface area contributed by atoms with Crippen LogP contribution in [0.25, 0.3) is 5.69 Å². The number of Topliss-reactive ketones (excluding diaryl/α,β-unsaturated/α-hetero) is 1. The minimum Gasteiger partial charge on any atom is -0.293 e. The maximum absolute atomic E-state index is 12.7. The number of ketones is 1. The van der Waals surface area contributed by atoms with Crippen molar-refractivity contribution in [2.24, 2.45) is 0 Å². The van der Waals surface area contributed by atoms with Gasteiger partial charge in [-0.3, -0.25) is 4.79 Å². The van der Waals surface area contributed by atoms with Crippen molar-refractivity contribution in [3.63, 3.8) is 0 Å². The highest BCUT2D eigenvalue weighted by atomic mass is 79.9. The molecule has 0 N–H and O–H groups in total. The molecule has 0 atom stereocenters. The first-order valence-corrected chi connectivity index (χ1v) is 6.31. The number of hydrogen-bond acceptors (Lipinski definition) is 3. The Balaban J connectivity index is 2.61. The molecular formula is C12H9BrF3N3O. The van der Waals surface area contributed by atoms with Crippen LogP contribution in [0.3, 0.4) is 0 Å². The number of rotatable bonds is 2. The Hall–Kier alpha value is -1.70. The van der Waals surface area contributed by atoms with Gasteiger partial charge in [0.1, 0.15) is 0 Å². The molecule has 1 aromatic carbocycles. The van der Waals surface area contributed by atoms with Crippen molar-refractivity contribution in [3.05, 3.63) is 39.6 Å². The molecule has 106 valence electrons. The van der Waals surface area contributed by atoms with Crippen molar-refractivity contribution in [2.75, 3.05) is 0 Å². The molecule has 1 aromatic heterocycles. The van der Waals surface area contributed by atoms with E-state index in [0.717, 1.165) is 12.1 Å². The SMILES string of the molecule is CC(=O)c1nnn(-c2cc(C(F)(F)F)ccc2Br)c1C. The van der Waals surface area contributed by atoms with Crippen molar-refractivity contribution in [2.45, 2.75) is 20.0 Å². The normalized spacial score (nSPS) is 11.7. The first kappa shape index (κ1) is 14.7. The molecular weight excluding hydrogens is 339 g/mol. The maximum atomic E-state index is 12.7. The second-order valence-electron chi connectivity index (χ2n) is 4.16. The zero-order valence-electron chi connectivity index (χ0n) is 10.5. The number of nitrogens with zero attached hydrogens (tertiary/aromatic N) is 3. The van der Waals surface area contributed by atoms with E-state index in [4.69, 9.17) is 0 Å². The molecule has 0 saturated carbocycles. The zero-order valence-corrected chi connectivity index (χ0v) is 12.1. The number of benzene rings is 1. The van der Waals surface area contributed by atoms with Gasteiger partial charge in [-0.15, -0.1) is 5.10 Å². The van der Waals surface area contributed by atoms with Crippen LogP contribution in [0.1, 0.15) is 28.7 Å². The largest absolute Gasteiger partial charge is 0.416 e. The van der Waals surface area contributed by atoms with Crippen molar-refractivity contribution < 1.29 is 18.0 Å². The van der Waals surface area contributed by atoms with Gasteiger partial charge in [-0.1, -0.05) is 5.21 Å². The molecule has 0 aliphatic rings. The van der Waals surface area contributed by atoms with Gasteiger partial charge in [-0.25, -0.2) is 4.68 Å². The summed E-state index contributed by atoms with van der Waals surface area (Å²) in [5.41, 5.74) is -0.0980. The summed E-state index contributed by atoms with van der Waals surface area (Å²) in [6, 6.07) is 3.20. The van der Waals surface area contributed by atoms with E-state index in [1.165, 1.54) is 17.7 Å². The van der Waals surface area contributed by atoms with Gasteiger partial charge < -0.3 is 0 Å². The van der Waals surface area contributed by atoms with Crippen LogP contribution in [-0.2, 0) is 6.18 Å². The van der Waals surface area contributed by atoms with E-state index >= 15 is 0 Å². The molecule has 8 heteroatoms. The van der Waals surface area contributed by atoms with Gasteiger partial charge in [0.15, 0.2) is 11.5 Å². The van der Waals surface area contributed by atoms with Crippen LogP contribution in [0.5, 0.6) is 0 Å². The average molecular weight is 348 g/mol. The lowest BCUT2D eigenvalue weighted by atomic mass is 10.2. The van der Waals surface area contributed by atoms with E-state index in [9.17, 15) is 18.0 Å². The van der Waals surface area contributed by atoms with E-state index < -0.39 is 11.7 Å². The average Bonchev–Trinajstić information content (AvgIpc) is 2.70. The second-order valence-corrected chi connectivity index (χ2v) is 5.01. The first-order valence-electron chi connectivity index (χ1n) is 5.52. The predicted molar refractivity (Wildman–Crippen MR) is 68.8 cm³/mol. The number of carbonyl (C=O) groups is 1. The van der Waals surface area contributed by atoms with Gasteiger partial charge in [0.05, 0.1) is 16.9 Å². The number of alkyl halides is 3. The first-order chi connectivity index (χ1) is 9.21. The Morgan fingerprint density at radius 3 is 2.50 bits per heavy atom. The van der Waals surface area contributed by atoms with E-state index in [-0.39, 0.29) is 17.2 Å². The fourth-order valence-electron chi connectivity index (χ4n) is 1.73. The van der Waals surface area contributed by atoms with Crippen molar-refractivity contribution in [1.29, 1.82) is 0 Å². The van der Waals surface area contributed by atoms with Crippen LogP contribution in [0.15, 0.2) is 22.7 Å². The zero-order chi connectivity index (χ0) is 15.1. The molecule has 0 amide bonds. The van der Waals surface area contributed by atoms with E-state index in [2.05, 4.69) is 26.2 Å². The highest BCUT2D eigenvalue weighted by Gasteiger charge is 2.31. The summed E-state index contributed by atoms with van der Waals surface area (Å²) in [6.07, 6.45) is -4.45. The summed E-state index contributed by atoms with van der Waals surface area (Å²) in [7, 11) is 0. The third-order valence-electron chi connectivity index (χ3n) is 2.73. The summed E-state index contributed by atoms with van der Waals surface area (Å²) in [4.78, 5) is 11.3. The van der Waals surface area contributed by atoms with Gasteiger partial charge in [-0.05, 0) is 41.1 Å². The molecule has 1 heterocycles. The Morgan fingerprint density at radius 1 is 1.35 bits per heavy atom.